The van der Waals surface area contributed by atoms with Gasteiger partial charge in [0.1, 0.15) is 0 Å². The van der Waals surface area contributed by atoms with Crippen LogP contribution in [0.1, 0.15) is 22.9 Å². The molecule has 0 amide bonds. The molecule has 2 aromatic carbocycles. The quantitative estimate of drug-likeness (QED) is 0.521. The van der Waals surface area contributed by atoms with Crippen molar-refractivity contribution in [2.45, 2.75) is 23.7 Å². The Morgan fingerprint density at radius 2 is 1.69 bits per heavy atom. The van der Waals surface area contributed by atoms with E-state index in [0.717, 1.165) is 27.9 Å². The Balaban J connectivity index is 1.83. The summed E-state index contributed by atoms with van der Waals surface area (Å²) in [6.07, 6.45) is -2.75. The van der Waals surface area contributed by atoms with Crippen molar-refractivity contribution in [1.82, 2.24) is 8.87 Å². The number of nitrogens with zero attached hydrogens (tertiary/aromatic N) is 2. The maximum atomic E-state index is 13.4. The zero-order valence-corrected chi connectivity index (χ0v) is 17.4. The minimum Gasteiger partial charge on any atom is -0.348 e. The lowest BCUT2D eigenvalue weighted by Crippen LogP contribution is -2.42. The molecule has 152 valence electrons. The highest BCUT2D eigenvalue weighted by atomic mass is 79.9. The van der Waals surface area contributed by atoms with E-state index in [-0.39, 0.29) is 11.4 Å². The molecule has 1 unspecified atom stereocenters. The van der Waals surface area contributed by atoms with E-state index in [1.807, 2.05) is 47.2 Å². The van der Waals surface area contributed by atoms with Crippen molar-refractivity contribution >= 4 is 26.0 Å². The first-order chi connectivity index (χ1) is 13.7. The summed E-state index contributed by atoms with van der Waals surface area (Å²) in [5.74, 6) is 0. The molecule has 0 fully saturated rings. The minimum atomic E-state index is -4.62. The second kappa shape index (κ2) is 7.30. The molecule has 1 atom stereocenters. The van der Waals surface area contributed by atoms with E-state index in [4.69, 9.17) is 0 Å². The summed E-state index contributed by atoms with van der Waals surface area (Å²) in [5, 5.41) is 0. The Bertz CT molecular complexity index is 1140. The molecule has 9 heteroatoms. The summed E-state index contributed by atoms with van der Waals surface area (Å²) < 4.78 is 70.2. The van der Waals surface area contributed by atoms with Gasteiger partial charge in [-0.1, -0.05) is 34.1 Å². The third-order valence-corrected chi connectivity index (χ3v) is 7.34. The number of alkyl halides is 3. The molecular weight excluding hydrogens is 469 g/mol. The average Bonchev–Trinajstić information content (AvgIpc) is 3.16. The van der Waals surface area contributed by atoms with Gasteiger partial charge in [-0.2, -0.15) is 17.5 Å². The number of aromatic nitrogens is 1. The summed E-state index contributed by atoms with van der Waals surface area (Å²) in [5.41, 5.74) is 0.525. The summed E-state index contributed by atoms with van der Waals surface area (Å²) in [6, 6.07) is 14.2. The van der Waals surface area contributed by atoms with Crippen LogP contribution in [0.3, 0.4) is 0 Å². The standard InChI is InChI=1S/C20H16BrF3N2O2S/c21-16-8-6-14(7-9-16)19-18-5-2-10-25(18)11-12-26(19)29(27,28)17-4-1-3-15(13-17)20(22,23)24/h1-10,13,19H,11-12H2. The largest absolute Gasteiger partial charge is 0.416 e. The number of sulfonamides is 1. The molecule has 1 aromatic heterocycles. The number of rotatable bonds is 3. The summed E-state index contributed by atoms with van der Waals surface area (Å²) in [7, 11) is -4.16. The molecule has 1 aliphatic rings. The first kappa shape index (κ1) is 20.2. The number of fused-ring (bicyclic) bond motifs is 1. The molecule has 2 heterocycles. The highest BCUT2D eigenvalue weighted by Crippen LogP contribution is 2.38. The minimum absolute atomic E-state index is 0.154. The highest BCUT2D eigenvalue weighted by Gasteiger charge is 2.39. The van der Waals surface area contributed by atoms with Crippen molar-refractivity contribution in [2.24, 2.45) is 0 Å². The van der Waals surface area contributed by atoms with Gasteiger partial charge in [0.2, 0.25) is 10.0 Å². The average molecular weight is 485 g/mol. The first-order valence-corrected chi connectivity index (χ1v) is 11.0. The molecule has 0 N–H and O–H groups in total. The van der Waals surface area contributed by atoms with E-state index < -0.39 is 27.8 Å². The zero-order chi connectivity index (χ0) is 20.8. The van der Waals surface area contributed by atoms with Gasteiger partial charge in [-0.05, 0) is 48.0 Å². The molecule has 29 heavy (non-hydrogen) atoms. The fourth-order valence-corrected chi connectivity index (χ4v) is 5.46. The van der Waals surface area contributed by atoms with Crippen LogP contribution in [0.25, 0.3) is 0 Å². The Labute approximate surface area is 174 Å². The molecule has 0 bridgehead atoms. The molecule has 4 rings (SSSR count). The molecule has 4 nitrogen and oxygen atoms in total. The van der Waals surface area contributed by atoms with Gasteiger partial charge in [0.05, 0.1) is 16.5 Å². The van der Waals surface area contributed by atoms with Crippen LogP contribution in [0.2, 0.25) is 0 Å². The van der Waals surface area contributed by atoms with Gasteiger partial charge in [0.25, 0.3) is 0 Å². The normalized spacial score (nSPS) is 17.9. The van der Waals surface area contributed by atoms with E-state index in [1.165, 1.54) is 10.4 Å². The van der Waals surface area contributed by atoms with Gasteiger partial charge in [0, 0.05) is 29.5 Å². The van der Waals surface area contributed by atoms with Crippen LogP contribution >= 0.6 is 15.9 Å². The number of hydrogen-bond donors (Lipinski definition) is 0. The van der Waals surface area contributed by atoms with Crippen molar-refractivity contribution in [3.63, 3.8) is 0 Å². The maximum absolute atomic E-state index is 13.4. The predicted octanol–water partition coefficient (Wildman–Crippen LogP) is 5.06. The fourth-order valence-electron chi connectivity index (χ4n) is 3.57. The summed E-state index contributed by atoms with van der Waals surface area (Å²) >= 11 is 3.37. The van der Waals surface area contributed by atoms with Crippen LogP contribution in [0.4, 0.5) is 13.2 Å². The lowest BCUT2D eigenvalue weighted by molar-refractivity contribution is -0.137. The lowest BCUT2D eigenvalue weighted by Gasteiger charge is -2.36. The predicted molar refractivity (Wildman–Crippen MR) is 106 cm³/mol. The van der Waals surface area contributed by atoms with Crippen LogP contribution in [0.15, 0.2) is 76.2 Å². The second-order valence-electron chi connectivity index (χ2n) is 6.72. The van der Waals surface area contributed by atoms with Crippen molar-refractivity contribution in [2.75, 3.05) is 6.54 Å². The van der Waals surface area contributed by atoms with Gasteiger partial charge < -0.3 is 4.57 Å². The smallest absolute Gasteiger partial charge is 0.348 e. The lowest BCUT2D eigenvalue weighted by atomic mass is 10.0. The Hall–Kier alpha value is -2.10. The summed E-state index contributed by atoms with van der Waals surface area (Å²) in [4.78, 5) is -0.366. The summed E-state index contributed by atoms with van der Waals surface area (Å²) in [6.45, 7) is 0.578. The van der Waals surface area contributed by atoms with Crippen LogP contribution in [-0.2, 0) is 22.7 Å². The first-order valence-electron chi connectivity index (χ1n) is 8.77. The second-order valence-corrected chi connectivity index (χ2v) is 9.53. The van der Waals surface area contributed by atoms with Crippen LogP contribution in [0, 0.1) is 0 Å². The number of halogens is 4. The molecule has 1 aliphatic heterocycles. The number of benzene rings is 2. The highest BCUT2D eigenvalue weighted by molar-refractivity contribution is 9.10. The molecule has 0 aliphatic carbocycles. The van der Waals surface area contributed by atoms with Gasteiger partial charge in [-0.25, -0.2) is 8.42 Å². The SMILES string of the molecule is O=S(=O)(c1cccc(C(F)(F)F)c1)N1CCn2cccc2C1c1ccc(Br)cc1. The molecule has 0 saturated carbocycles. The monoisotopic (exact) mass is 484 g/mol. The molecule has 0 spiro atoms. The molecule has 3 aromatic rings. The topological polar surface area (TPSA) is 42.3 Å². The third-order valence-electron chi connectivity index (χ3n) is 4.95. The Morgan fingerprint density at radius 3 is 2.38 bits per heavy atom. The number of hydrogen-bond acceptors (Lipinski definition) is 2. The zero-order valence-electron chi connectivity index (χ0n) is 15.0. The van der Waals surface area contributed by atoms with E-state index in [0.29, 0.717) is 12.6 Å². The Morgan fingerprint density at radius 1 is 0.966 bits per heavy atom. The van der Waals surface area contributed by atoms with Crippen molar-refractivity contribution < 1.29 is 21.6 Å². The van der Waals surface area contributed by atoms with E-state index >= 15 is 0 Å². The van der Waals surface area contributed by atoms with Crippen LogP contribution in [0.5, 0.6) is 0 Å². The van der Waals surface area contributed by atoms with Gasteiger partial charge >= 0.3 is 6.18 Å². The maximum Gasteiger partial charge on any atom is 0.416 e. The van der Waals surface area contributed by atoms with Crippen LogP contribution < -0.4 is 0 Å². The van der Waals surface area contributed by atoms with Gasteiger partial charge in [-0.15, -0.1) is 0 Å². The Kier molecular flexibility index (Phi) is 5.08. The van der Waals surface area contributed by atoms with E-state index in [1.54, 1.807) is 0 Å². The molecule has 0 saturated heterocycles. The van der Waals surface area contributed by atoms with Gasteiger partial charge in [0.15, 0.2) is 0 Å². The molecule has 0 radical (unpaired) electrons. The van der Waals surface area contributed by atoms with Crippen molar-refractivity contribution in [1.29, 1.82) is 0 Å². The molecular formula is C20H16BrF3N2O2S. The van der Waals surface area contributed by atoms with E-state index in [2.05, 4.69) is 15.9 Å². The van der Waals surface area contributed by atoms with Crippen molar-refractivity contribution in [3.05, 3.63) is 88.2 Å². The van der Waals surface area contributed by atoms with Gasteiger partial charge in [-0.3, -0.25) is 0 Å². The third kappa shape index (κ3) is 3.74. The van der Waals surface area contributed by atoms with E-state index in [9.17, 15) is 21.6 Å². The van der Waals surface area contributed by atoms with Crippen LogP contribution in [-0.4, -0.2) is 23.8 Å². The fraction of sp³-hybridized carbons (Fsp3) is 0.200. The van der Waals surface area contributed by atoms with Crippen molar-refractivity contribution in [3.8, 4) is 0 Å².